The van der Waals surface area contributed by atoms with Crippen LogP contribution in [0.2, 0.25) is 0 Å². The molecule has 0 aliphatic carbocycles. The number of fused-ring (bicyclic) bond motifs is 1. The normalized spacial score (nSPS) is 12.2. The van der Waals surface area contributed by atoms with Gasteiger partial charge in [0.2, 0.25) is 0 Å². The number of benzene rings is 2. The molecular weight excluding hydrogens is 506 g/mol. The van der Waals surface area contributed by atoms with Gasteiger partial charge in [0, 0.05) is 43.5 Å². The van der Waals surface area contributed by atoms with Crippen molar-refractivity contribution in [2.24, 2.45) is 0 Å². The molecule has 10 nitrogen and oxygen atoms in total. The molecule has 1 atom stereocenters. The van der Waals surface area contributed by atoms with Gasteiger partial charge in [-0.05, 0) is 70.8 Å². The Bertz CT molecular complexity index is 1630. The summed E-state index contributed by atoms with van der Waals surface area (Å²) in [6.45, 7) is 5.95. The largest absolute Gasteiger partial charge is 0.497 e. The Hall–Kier alpha value is -4.41. The van der Waals surface area contributed by atoms with E-state index in [2.05, 4.69) is 36.5 Å². The van der Waals surface area contributed by atoms with Crippen LogP contribution in [0.1, 0.15) is 39.7 Å². The lowest BCUT2D eigenvalue weighted by Gasteiger charge is -2.31. The lowest BCUT2D eigenvalue weighted by atomic mass is 9.98. The first-order chi connectivity index (χ1) is 19.5. The molecule has 206 valence electrons. The fourth-order valence-electron chi connectivity index (χ4n) is 4.97. The summed E-state index contributed by atoms with van der Waals surface area (Å²) in [4.78, 5) is 23.5. The number of ether oxygens (including phenoxy) is 2. The first-order valence-electron chi connectivity index (χ1n) is 13.1. The molecule has 0 saturated carbocycles. The second-order valence-corrected chi connectivity index (χ2v) is 9.81. The van der Waals surface area contributed by atoms with Crippen LogP contribution in [0.5, 0.6) is 5.75 Å². The summed E-state index contributed by atoms with van der Waals surface area (Å²) in [5.41, 5.74) is 5.35. The number of methoxy groups -OCH3 is 2. The van der Waals surface area contributed by atoms with Crippen molar-refractivity contribution < 1.29 is 9.47 Å². The Morgan fingerprint density at radius 1 is 1.00 bits per heavy atom. The highest BCUT2D eigenvalue weighted by atomic mass is 16.5. The van der Waals surface area contributed by atoms with Crippen molar-refractivity contribution in [2.45, 2.75) is 39.5 Å². The fraction of sp³-hybridized carbons (Fsp3) is 0.300. The smallest absolute Gasteiger partial charge is 0.253 e. The van der Waals surface area contributed by atoms with E-state index < -0.39 is 6.04 Å². The van der Waals surface area contributed by atoms with Crippen LogP contribution in [0.4, 0.5) is 0 Å². The first-order valence-corrected chi connectivity index (χ1v) is 13.1. The summed E-state index contributed by atoms with van der Waals surface area (Å²) in [5, 5.41) is 13.7. The maximum Gasteiger partial charge on any atom is 0.253 e. The lowest BCUT2D eigenvalue weighted by molar-refractivity contribution is 0.169. The third-order valence-corrected chi connectivity index (χ3v) is 7.10. The Morgan fingerprint density at radius 3 is 2.50 bits per heavy atom. The standard InChI is InChI=1S/C30H33N7O3/c1-20-7-8-21(2)27-25(20)16-26(30(38)32-27)28(29-33-34-35-37(29)14-15-39-3)36(19-23-6-5-13-31-17-23)18-22-9-11-24(40-4)12-10-22/h5-13,16-17,28H,14-15,18-19H2,1-4H3,(H,32,38). The maximum atomic E-state index is 13.8. The van der Waals surface area contributed by atoms with E-state index in [1.165, 1.54) is 0 Å². The molecule has 0 aliphatic heterocycles. The van der Waals surface area contributed by atoms with Crippen LogP contribution in [-0.4, -0.2) is 55.9 Å². The Kier molecular flexibility index (Phi) is 8.28. The molecule has 40 heavy (non-hydrogen) atoms. The summed E-state index contributed by atoms with van der Waals surface area (Å²) < 4.78 is 12.4. The number of hydrogen-bond donors (Lipinski definition) is 1. The van der Waals surface area contributed by atoms with E-state index >= 15 is 0 Å². The van der Waals surface area contributed by atoms with E-state index in [-0.39, 0.29) is 5.56 Å². The van der Waals surface area contributed by atoms with E-state index in [0.717, 1.165) is 38.9 Å². The van der Waals surface area contributed by atoms with Crippen LogP contribution >= 0.6 is 0 Å². The van der Waals surface area contributed by atoms with Gasteiger partial charge >= 0.3 is 0 Å². The van der Waals surface area contributed by atoms with E-state index in [9.17, 15) is 4.79 Å². The van der Waals surface area contributed by atoms with Gasteiger partial charge in [0.15, 0.2) is 5.82 Å². The zero-order valence-corrected chi connectivity index (χ0v) is 23.2. The number of H-pyrrole nitrogens is 1. The maximum absolute atomic E-state index is 13.8. The van der Waals surface area contributed by atoms with Gasteiger partial charge < -0.3 is 14.5 Å². The zero-order valence-electron chi connectivity index (χ0n) is 23.2. The molecular formula is C30H33N7O3. The number of aromatic nitrogens is 6. The van der Waals surface area contributed by atoms with Crippen molar-refractivity contribution in [3.63, 3.8) is 0 Å². The number of pyridine rings is 2. The molecule has 2 aromatic carbocycles. The van der Waals surface area contributed by atoms with Gasteiger partial charge in [0.25, 0.3) is 5.56 Å². The second kappa shape index (κ2) is 12.2. The minimum atomic E-state index is -0.567. The summed E-state index contributed by atoms with van der Waals surface area (Å²) >= 11 is 0. The van der Waals surface area contributed by atoms with Gasteiger partial charge in [-0.3, -0.25) is 14.7 Å². The molecule has 1 unspecified atom stereocenters. The average molecular weight is 540 g/mol. The molecule has 5 aromatic rings. The minimum Gasteiger partial charge on any atom is -0.497 e. The number of hydrogen-bond acceptors (Lipinski definition) is 8. The van der Waals surface area contributed by atoms with Crippen molar-refractivity contribution in [1.82, 2.24) is 35.1 Å². The van der Waals surface area contributed by atoms with Crippen LogP contribution < -0.4 is 10.3 Å². The number of aryl methyl sites for hydroxylation is 2. The average Bonchev–Trinajstić information content (AvgIpc) is 3.43. The minimum absolute atomic E-state index is 0.182. The van der Waals surface area contributed by atoms with E-state index in [0.29, 0.717) is 37.6 Å². The molecule has 5 rings (SSSR count). The summed E-state index contributed by atoms with van der Waals surface area (Å²) in [6.07, 6.45) is 3.59. The number of aromatic amines is 1. The van der Waals surface area contributed by atoms with Crippen LogP contribution in [0.15, 0.2) is 71.8 Å². The van der Waals surface area contributed by atoms with Gasteiger partial charge in [-0.15, -0.1) is 5.10 Å². The number of tetrazole rings is 1. The molecule has 0 spiro atoms. The highest BCUT2D eigenvalue weighted by molar-refractivity contribution is 5.85. The lowest BCUT2D eigenvalue weighted by Crippen LogP contribution is -2.35. The third kappa shape index (κ3) is 5.78. The van der Waals surface area contributed by atoms with E-state index in [1.54, 1.807) is 25.1 Å². The van der Waals surface area contributed by atoms with Gasteiger partial charge in [0.1, 0.15) is 11.8 Å². The van der Waals surface area contributed by atoms with Crippen molar-refractivity contribution >= 4 is 10.9 Å². The fourth-order valence-corrected chi connectivity index (χ4v) is 4.97. The molecule has 0 fully saturated rings. The first kappa shape index (κ1) is 27.2. The van der Waals surface area contributed by atoms with Crippen molar-refractivity contribution in [1.29, 1.82) is 0 Å². The highest BCUT2D eigenvalue weighted by Crippen LogP contribution is 2.31. The molecule has 0 saturated heterocycles. The highest BCUT2D eigenvalue weighted by Gasteiger charge is 2.31. The third-order valence-electron chi connectivity index (χ3n) is 7.10. The molecule has 1 N–H and O–H groups in total. The van der Waals surface area contributed by atoms with Crippen LogP contribution in [0.25, 0.3) is 10.9 Å². The molecule has 0 amide bonds. The van der Waals surface area contributed by atoms with Crippen LogP contribution in [-0.2, 0) is 24.4 Å². The van der Waals surface area contributed by atoms with Crippen molar-refractivity contribution in [3.8, 4) is 5.75 Å². The summed E-state index contributed by atoms with van der Waals surface area (Å²) in [5.74, 6) is 1.34. The predicted octanol–water partition coefficient (Wildman–Crippen LogP) is 3.97. The van der Waals surface area contributed by atoms with E-state index in [1.807, 2.05) is 68.6 Å². The zero-order chi connectivity index (χ0) is 28.1. The molecule has 0 bridgehead atoms. The van der Waals surface area contributed by atoms with Crippen molar-refractivity contribution in [2.75, 3.05) is 20.8 Å². The summed E-state index contributed by atoms with van der Waals surface area (Å²) in [7, 11) is 3.29. The Labute approximate surface area is 232 Å². The topological polar surface area (TPSA) is 111 Å². The molecule has 0 radical (unpaired) electrons. The van der Waals surface area contributed by atoms with E-state index in [4.69, 9.17) is 9.47 Å². The quantitative estimate of drug-likeness (QED) is 0.268. The van der Waals surface area contributed by atoms with Gasteiger partial charge in [-0.25, -0.2) is 4.68 Å². The summed E-state index contributed by atoms with van der Waals surface area (Å²) in [6, 6.07) is 17.4. The Morgan fingerprint density at radius 2 is 1.77 bits per heavy atom. The van der Waals surface area contributed by atoms with Gasteiger partial charge in [-0.1, -0.05) is 30.3 Å². The van der Waals surface area contributed by atoms with Crippen LogP contribution in [0, 0.1) is 13.8 Å². The van der Waals surface area contributed by atoms with Crippen LogP contribution in [0.3, 0.4) is 0 Å². The number of rotatable bonds is 11. The number of nitrogens with one attached hydrogen (secondary N) is 1. The number of nitrogens with zero attached hydrogens (tertiary/aromatic N) is 6. The van der Waals surface area contributed by atoms with Gasteiger partial charge in [-0.2, -0.15) is 0 Å². The molecule has 3 aromatic heterocycles. The molecule has 3 heterocycles. The predicted molar refractivity (Wildman–Crippen MR) is 152 cm³/mol. The Balaban J connectivity index is 1.70. The molecule has 0 aliphatic rings. The SMILES string of the molecule is COCCn1nnnc1C(c1cc2c(C)ccc(C)c2[nH]c1=O)N(Cc1ccc(OC)cc1)Cc1cccnc1. The monoisotopic (exact) mass is 539 g/mol. The van der Waals surface area contributed by atoms with Gasteiger partial charge in [0.05, 0.1) is 25.8 Å². The molecule has 10 heteroatoms. The van der Waals surface area contributed by atoms with Crippen molar-refractivity contribution in [3.05, 3.63) is 111 Å². The second-order valence-electron chi connectivity index (χ2n) is 9.81.